The van der Waals surface area contributed by atoms with Gasteiger partial charge in [0.25, 0.3) is 12.2 Å². The van der Waals surface area contributed by atoms with Gasteiger partial charge in [-0.25, -0.2) is 0 Å². The fourth-order valence-electron chi connectivity index (χ4n) is 4.91. The number of benzene rings is 3. The van der Waals surface area contributed by atoms with Crippen molar-refractivity contribution in [1.82, 2.24) is 4.90 Å². The van der Waals surface area contributed by atoms with Crippen LogP contribution in [0.1, 0.15) is 34.7 Å². The second-order valence-electron chi connectivity index (χ2n) is 8.88. The highest BCUT2D eigenvalue weighted by Crippen LogP contribution is 2.41. The Labute approximate surface area is 211 Å². The Kier molecular flexibility index (Phi) is 7.93. The zero-order valence-electron chi connectivity index (χ0n) is 20.8. The van der Waals surface area contributed by atoms with Gasteiger partial charge in [0.2, 0.25) is 0 Å². The first-order valence-electron chi connectivity index (χ1n) is 12.0. The summed E-state index contributed by atoms with van der Waals surface area (Å²) >= 11 is 0. The van der Waals surface area contributed by atoms with E-state index in [-0.39, 0.29) is 5.69 Å². The summed E-state index contributed by atoms with van der Waals surface area (Å²) < 4.78 is 10.9. The quantitative estimate of drug-likeness (QED) is 0.231. The van der Waals surface area contributed by atoms with Crippen LogP contribution in [0.25, 0.3) is 16.7 Å². The lowest BCUT2D eigenvalue weighted by molar-refractivity contribution is -0.384. The third-order valence-electron chi connectivity index (χ3n) is 6.59. The Morgan fingerprint density at radius 3 is 2.47 bits per heavy atom. The van der Waals surface area contributed by atoms with Crippen LogP contribution in [-0.4, -0.2) is 42.6 Å². The largest absolute Gasteiger partial charge is 0.428 e. The molecule has 1 aliphatic heterocycles. The van der Waals surface area contributed by atoms with Crippen LogP contribution >= 0.6 is 0 Å². The Morgan fingerprint density at radius 1 is 1.11 bits per heavy atom. The minimum atomic E-state index is -0.411. The van der Waals surface area contributed by atoms with Crippen LogP contribution in [-0.2, 0) is 16.1 Å². The van der Waals surface area contributed by atoms with E-state index in [2.05, 4.69) is 29.2 Å². The molecule has 36 heavy (non-hydrogen) atoms. The number of hydrogen-bond donors (Lipinski definition) is 0. The normalized spacial score (nSPS) is 14.5. The average molecular weight is 487 g/mol. The average Bonchev–Trinajstić information content (AvgIpc) is 2.88. The first kappa shape index (κ1) is 25.3. The lowest BCUT2D eigenvalue weighted by Gasteiger charge is -2.26. The van der Waals surface area contributed by atoms with Crippen LogP contribution in [0.5, 0.6) is 5.75 Å². The summed E-state index contributed by atoms with van der Waals surface area (Å²) in [4.78, 5) is 24.7. The van der Waals surface area contributed by atoms with Crippen LogP contribution in [0.4, 0.5) is 5.69 Å². The molecule has 3 aromatic carbocycles. The number of aryl methyl sites for hydroxylation is 1. The highest BCUT2D eigenvalue weighted by Gasteiger charge is 2.21. The first-order chi connectivity index (χ1) is 17.4. The van der Waals surface area contributed by atoms with Gasteiger partial charge < -0.3 is 9.47 Å². The van der Waals surface area contributed by atoms with Crippen LogP contribution < -0.4 is 4.74 Å². The third-order valence-corrected chi connectivity index (χ3v) is 6.59. The fraction of sp³-hybridized carbons (Fsp3) is 0.276. The lowest BCUT2D eigenvalue weighted by Crippen LogP contribution is -2.35. The number of carbonyl (C=O) groups excluding carboxylic acids is 1. The van der Waals surface area contributed by atoms with Crippen LogP contribution in [0.2, 0.25) is 0 Å². The molecule has 1 saturated heterocycles. The SMILES string of the molecule is C/C=C(/c1cccc([N+](=O)[O-])c1)c1c(OC=O)cc(C)c(-c2ccc(CN3CCOCC3)cc2)c1C. The van der Waals surface area contributed by atoms with Gasteiger partial charge in [0, 0.05) is 37.3 Å². The highest BCUT2D eigenvalue weighted by atomic mass is 16.6. The molecule has 1 heterocycles. The number of carbonyl (C=O) groups is 1. The van der Waals surface area contributed by atoms with E-state index in [0.29, 0.717) is 17.8 Å². The minimum Gasteiger partial charge on any atom is -0.428 e. The highest BCUT2D eigenvalue weighted by molar-refractivity contribution is 5.90. The predicted octanol–water partition coefficient (Wildman–Crippen LogP) is 5.70. The standard InChI is InChI=1S/C29H30N2O5/c1-4-26(24-6-5-7-25(17-24)31(33)34)29-21(3)28(20(2)16-27(29)36-19-32)23-10-8-22(9-11-23)18-30-12-14-35-15-13-30/h4-11,16-17,19H,12-15,18H2,1-3H3/b26-4-. The first-order valence-corrected chi connectivity index (χ1v) is 12.0. The van der Waals surface area contributed by atoms with Crippen molar-refractivity contribution in [3.05, 3.63) is 98.6 Å². The van der Waals surface area contributed by atoms with Crippen LogP contribution in [0.15, 0.2) is 60.7 Å². The number of non-ortho nitro benzene ring substituents is 1. The van der Waals surface area contributed by atoms with Gasteiger partial charge in [-0.2, -0.15) is 0 Å². The summed E-state index contributed by atoms with van der Waals surface area (Å²) in [6.07, 6.45) is 1.89. The summed E-state index contributed by atoms with van der Waals surface area (Å²) in [6.45, 7) is 10.6. The molecular weight excluding hydrogens is 456 g/mol. The summed E-state index contributed by atoms with van der Waals surface area (Å²) in [7, 11) is 0. The second-order valence-corrected chi connectivity index (χ2v) is 8.88. The van der Waals surface area contributed by atoms with Crippen molar-refractivity contribution in [1.29, 1.82) is 0 Å². The molecule has 1 fully saturated rings. The molecule has 0 N–H and O–H groups in total. The number of ether oxygens (including phenoxy) is 2. The Hall–Kier alpha value is -3.81. The number of hydrogen-bond acceptors (Lipinski definition) is 6. The topological polar surface area (TPSA) is 81.9 Å². The molecule has 4 rings (SSSR count). The molecule has 0 radical (unpaired) electrons. The molecule has 0 spiro atoms. The number of nitro benzene ring substituents is 1. The van der Waals surface area contributed by atoms with E-state index < -0.39 is 4.92 Å². The Morgan fingerprint density at radius 2 is 1.83 bits per heavy atom. The molecule has 1 aliphatic rings. The van der Waals surface area contributed by atoms with Crippen molar-refractivity contribution in [3.63, 3.8) is 0 Å². The maximum Gasteiger partial charge on any atom is 0.298 e. The van der Waals surface area contributed by atoms with Gasteiger partial charge in [-0.05, 0) is 65.8 Å². The summed E-state index contributed by atoms with van der Waals surface area (Å²) in [5.74, 6) is 0.423. The lowest BCUT2D eigenvalue weighted by atomic mass is 9.86. The monoisotopic (exact) mass is 486 g/mol. The molecule has 0 bridgehead atoms. The van der Waals surface area contributed by atoms with Gasteiger partial charge in [0.15, 0.2) is 0 Å². The number of morpholine rings is 1. The molecule has 186 valence electrons. The molecule has 0 unspecified atom stereocenters. The summed E-state index contributed by atoms with van der Waals surface area (Å²) in [6, 6.07) is 16.9. The molecule has 7 heteroatoms. The molecule has 3 aromatic rings. The maximum absolute atomic E-state index is 11.4. The zero-order valence-corrected chi connectivity index (χ0v) is 20.8. The Bertz CT molecular complexity index is 1290. The van der Waals surface area contributed by atoms with E-state index in [1.807, 2.05) is 39.0 Å². The van der Waals surface area contributed by atoms with Gasteiger partial charge in [-0.3, -0.25) is 19.8 Å². The number of nitrogens with zero attached hydrogens (tertiary/aromatic N) is 2. The van der Waals surface area contributed by atoms with Crippen molar-refractivity contribution < 1.29 is 19.2 Å². The second kappa shape index (κ2) is 11.3. The van der Waals surface area contributed by atoms with E-state index in [4.69, 9.17) is 9.47 Å². The zero-order chi connectivity index (χ0) is 25.7. The molecule has 0 amide bonds. The van der Waals surface area contributed by atoms with E-state index in [1.165, 1.54) is 11.6 Å². The number of allylic oxidation sites excluding steroid dienone is 1. The van der Waals surface area contributed by atoms with E-state index >= 15 is 0 Å². The molecule has 0 aromatic heterocycles. The van der Waals surface area contributed by atoms with Crippen LogP contribution in [0.3, 0.4) is 0 Å². The maximum atomic E-state index is 11.4. The van der Waals surface area contributed by atoms with Gasteiger partial charge in [-0.15, -0.1) is 0 Å². The molecule has 0 saturated carbocycles. The smallest absolute Gasteiger partial charge is 0.298 e. The molecule has 7 nitrogen and oxygen atoms in total. The minimum absolute atomic E-state index is 0.00514. The fourth-order valence-corrected chi connectivity index (χ4v) is 4.91. The van der Waals surface area contributed by atoms with Gasteiger partial charge in [-0.1, -0.05) is 42.5 Å². The van der Waals surface area contributed by atoms with Gasteiger partial charge in [0.1, 0.15) is 5.75 Å². The Balaban J connectivity index is 1.77. The van der Waals surface area contributed by atoms with E-state index in [9.17, 15) is 14.9 Å². The van der Waals surface area contributed by atoms with E-state index in [1.54, 1.807) is 12.1 Å². The summed E-state index contributed by atoms with van der Waals surface area (Å²) in [5, 5.41) is 11.4. The predicted molar refractivity (Wildman–Crippen MR) is 140 cm³/mol. The molecule has 0 aliphatic carbocycles. The third kappa shape index (κ3) is 5.37. The van der Waals surface area contributed by atoms with Gasteiger partial charge in [0.05, 0.1) is 18.1 Å². The molecule has 0 atom stereocenters. The summed E-state index contributed by atoms with van der Waals surface area (Å²) in [5.41, 5.74) is 7.45. The molecular formula is C29H30N2O5. The van der Waals surface area contributed by atoms with Crippen molar-refractivity contribution in [2.75, 3.05) is 26.3 Å². The van der Waals surface area contributed by atoms with E-state index in [0.717, 1.165) is 66.2 Å². The van der Waals surface area contributed by atoms with Crippen molar-refractivity contribution in [2.45, 2.75) is 27.3 Å². The van der Waals surface area contributed by atoms with Gasteiger partial charge >= 0.3 is 0 Å². The van der Waals surface area contributed by atoms with Crippen molar-refractivity contribution in [3.8, 4) is 16.9 Å². The van der Waals surface area contributed by atoms with Crippen molar-refractivity contribution in [2.24, 2.45) is 0 Å². The van der Waals surface area contributed by atoms with Crippen molar-refractivity contribution >= 4 is 17.7 Å². The number of rotatable bonds is 8. The van der Waals surface area contributed by atoms with Crippen LogP contribution in [0, 0.1) is 24.0 Å². The number of nitro groups is 1.